The largest absolute Gasteiger partial charge is 0.352 e. The third-order valence-electron chi connectivity index (χ3n) is 7.50. The van der Waals surface area contributed by atoms with Crippen molar-refractivity contribution in [2.24, 2.45) is 0 Å². The second kappa shape index (κ2) is 13.3. The summed E-state index contributed by atoms with van der Waals surface area (Å²) in [5, 5.41) is 3.75. The van der Waals surface area contributed by atoms with Gasteiger partial charge in [-0.1, -0.05) is 72.4 Å². The molecule has 1 aliphatic rings. The molecule has 1 atom stereocenters. The minimum absolute atomic E-state index is 0.0516. The van der Waals surface area contributed by atoms with E-state index in [4.69, 9.17) is 23.2 Å². The van der Waals surface area contributed by atoms with Gasteiger partial charge in [0.05, 0.1) is 10.6 Å². The lowest BCUT2D eigenvalue weighted by Gasteiger charge is -2.33. The molecule has 0 radical (unpaired) electrons. The number of anilines is 1. The van der Waals surface area contributed by atoms with Gasteiger partial charge in [0.2, 0.25) is 11.8 Å². The van der Waals surface area contributed by atoms with Crippen LogP contribution in [0.3, 0.4) is 0 Å². The highest BCUT2D eigenvalue weighted by molar-refractivity contribution is 7.92. The number of rotatable bonds is 10. The minimum Gasteiger partial charge on any atom is -0.352 e. The normalized spacial score (nSPS) is 14.5. The zero-order chi connectivity index (χ0) is 29.7. The van der Waals surface area contributed by atoms with Crippen LogP contribution in [0.5, 0.6) is 0 Å². The fraction of sp³-hybridized carbons (Fsp3) is 0.355. The molecule has 3 aromatic carbocycles. The SMILES string of the molecule is Cc1ccc(C)c(N(CC(=O)N(Cc2c(Cl)cccc2Cl)C(C)C(=O)NC2CCCC2)S(=O)(=O)c2ccccc2)c1. The number of nitrogens with zero attached hydrogens (tertiary/aromatic N) is 2. The third kappa shape index (κ3) is 7.23. The molecule has 1 unspecified atom stereocenters. The van der Waals surface area contributed by atoms with E-state index < -0.39 is 28.5 Å². The average molecular weight is 617 g/mol. The number of carbonyl (C=O) groups excluding carboxylic acids is 2. The van der Waals surface area contributed by atoms with Gasteiger partial charge < -0.3 is 10.2 Å². The Morgan fingerprint density at radius 2 is 1.59 bits per heavy atom. The van der Waals surface area contributed by atoms with E-state index in [1.54, 1.807) is 56.3 Å². The van der Waals surface area contributed by atoms with Crippen LogP contribution < -0.4 is 9.62 Å². The summed E-state index contributed by atoms with van der Waals surface area (Å²) < 4.78 is 29.1. The second-order valence-corrected chi connectivity index (χ2v) is 13.2. The van der Waals surface area contributed by atoms with Gasteiger partial charge in [-0.25, -0.2) is 8.42 Å². The molecule has 4 rings (SSSR count). The molecule has 0 saturated heterocycles. The van der Waals surface area contributed by atoms with Crippen LogP contribution in [0.15, 0.2) is 71.6 Å². The predicted molar refractivity (Wildman–Crippen MR) is 164 cm³/mol. The van der Waals surface area contributed by atoms with E-state index in [9.17, 15) is 18.0 Å². The number of aryl methyl sites for hydroxylation is 2. The summed E-state index contributed by atoms with van der Waals surface area (Å²) in [6, 6.07) is 17.6. The Morgan fingerprint density at radius 1 is 0.951 bits per heavy atom. The Morgan fingerprint density at radius 3 is 2.22 bits per heavy atom. The van der Waals surface area contributed by atoms with Crippen LogP contribution in [0.1, 0.15) is 49.3 Å². The maximum Gasteiger partial charge on any atom is 0.264 e. The summed E-state index contributed by atoms with van der Waals surface area (Å²) in [4.78, 5) is 29.0. The lowest BCUT2D eigenvalue weighted by Crippen LogP contribution is -2.52. The molecular weight excluding hydrogens is 581 g/mol. The van der Waals surface area contributed by atoms with Crippen LogP contribution in [0, 0.1) is 13.8 Å². The standard InChI is InChI=1S/C31H35Cl2N3O4S/c1-21-16-17-22(2)29(18-21)36(41(39,40)25-12-5-4-6-13-25)20-30(37)35(19-26-27(32)14-9-15-28(26)33)23(3)31(38)34-24-10-7-8-11-24/h4-6,9,12-18,23-24H,7-8,10-11,19-20H2,1-3H3,(H,34,38). The number of carbonyl (C=O) groups is 2. The van der Waals surface area contributed by atoms with E-state index in [1.165, 1.54) is 17.0 Å². The van der Waals surface area contributed by atoms with E-state index >= 15 is 0 Å². The Bertz CT molecular complexity index is 1490. The minimum atomic E-state index is -4.14. The molecule has 1 N–H and O–H groups in total. The van der Waals surface area contributed by atoms with Crippen LogP contribution in [-0.4, -0.2) is 43.8 Å². The van der Waals surface area contributed by atoms with Crippen LogP contribution in [0.25, 0.3) is 0 Å². The molecule has 10 heteroatoms. The maximum absolute atomic E-state index is 14.2. The number of hydrogen-bond acceptors (Lipinski definition) is 4. The maximum atomic E-state index is 14.2. The number of nitrogens with one attached hydrogen (secondary N) is 1. The lowest BCUT2D eigenvalue weighted by atomic mass is 10.1. The molecule has 0 aromatic heterocycles. The van der Waals surface area contributed by atoms with Crippen molar-refractivity contribution in [3.8, 4) is 0 Å². The van der Waals surface area contributed by atoms with Crippen LogP contribution in [0.2, 0.25) is 10.0 Å². The van der Waals surface area contributed by atoms with E-state index in [2.05, 4.69) is 5.32 Å². The van der Waals surface area contributed by atoms with Gasteiger partial charge in [-0.3, -0.25) is 13.9 Å². The van der Waals surface area contributed by atoms with Crippen molar-refractivity contribution >= 4 is 50.7 Å². The van der Waals surface area contributed by atoms with Crippen LogP contribution in [0.4, 0.5) is 5.69 Å². The molecular formula is C31H35Cl2N3O4S. The second-order valence-electron chi connectivity index (χ2n) is 10.5. The van der Waals surface area contributed by atoms with Gasteiger partial charge >= 0.3 is 0 Å². The van der Waals surface area contributed by atoms with Gasteiger partial charge in [0.15, 0.2) is 0 Å². The quantitative estimate of drug-likeness (QED) is 0.291. The number of sulfonamides is 1. The van der Waals surface area contributed by atoms with Gasteiger partial charge in [0, 0.05) is 28.2 Å². The molecule has 2 amide bonds. The topological polar surface area (TPSA) is 86.8 Å². The smallest absolute Gasteiger partial charge is 0.264 e. The molecule has 218 valence electrons. The van der Waals surface area contributed by atoms with Gasteiger partial charge in [0.1, 0.15) is 12.6 Å². The molecule has 0 aliphatic heterocycles. The summed E-state index contributed by atoms with van der Waals surface area (Å²) in [6.07, 6.45) is 3.86. The molecule has 1 saturated carbocycles. The van der Waals surface area contributed by atoms with Crippen LogP contribution in [-0.2, 0) is 26.2 Å². The first-order valence-electron chi connectivity index (χ1n) is 13.7. The van der Waals surface area contributed by atoms with Crippen molar-refractivity contribution < 1.29 is 18.0 Å². The average Bonchev–Trinajstić information content (AvgIpc) is 3.46. The number of amides is 2. The van der Waals surface area contributed by atoms with Gasteiger partial charge in [-0.15, -0.1) is 0 Å². The molecule has 0 heterocycles. The van der Waals surface area contributed by atoms with Gasteiger partial charge in [-0.05, 0) is 75.1 Å². The molecule has 1 fully saturated rings. The van der Waals surface area contributed by atoms with Crippen LogP contribution >= 0.6 is 23.2 Å². The first-order chi connectivity index (χ1) is 19.5. The Labute approximate surface area is 252 Å². The summed E-state index contributed by atoms with van der Waals surface area (Å²) in [5.74, 6) is -0.868. The third-order valence-corrected chi connectivity index (χ3v) is 9.98. The number of hydrogen-bond donors (Lipinski definition) is 1. The predicted octanol–water partition coefficient (Wildman–Crippen LogP) is 6.28. The van der Waals surface area contributed by atoms with Crippen molar-refractivity contribution in [1.29, 1.82) is 0 Å². The molecule has 1 aliphatic carbocycles. The Balaban J connectivity index is 1.74. The molecule has 0 bridgehead atoms. The summed E-state index contributed by atoms with van der Waals surface area (Å²) in [7, 11) is -4.14. The van der Waals surface area contributed by atoms with Gasteiger partial charge in [0.25, 0.3) is 10.0 Å². The highest BCUT2D eigenvalue weighted by atomic mass is 35.5. The molecule has 0 spiro atoms. The van der Waals surface area contributed by atoms with Crippen molar-refractivity contribution in [2.45, 2.75) is 70.0 Å². The first-order valence-corrected chi connectivity index (χ1v) is 15.9. The lowest BCUT2D eigenvalue weighted by molar-refractivity contribution is -0.139. The summed E-state index contributed by atoms with van der Waals surface area (Å²) in [6.45, 7) is 4.71. The monoisotopic (exact) mass is 615 g/mol. The number of halogens is 2. The summed E-state index contributed by atoms with van der Waals surface area (Å²) in [5.41, 5.74) is 2.40. The van der Waals surface area contributed by atoms with Crippen molar-refractivity contribution in [1.82, 2.24) is 10.2 Å². The van der Waals surface area contributed by atoms with Gasteiger partial charge in [-0.2, -0.15) is 0 Å². The number of benzene rings is 3. The molecule has 7 nitrogen and oxygen atoms in total. The van der Waals surface area contributed by atoms with E-state index in [0.29, 0.717) is 26.9 Å². The highest BCUT2D eigenvalue weighted by Crippen LogP contribution is 2.30. The van der Waals surface area contributed by atoms with Crippen molar-refractivity contribution in [3.05, 3.63) is 93.5 Å². The fourth-order valence-corrected chi connectivity index (χ4v) is 7.06. The van der Waals surface area contributed by atoms with E-state index in [-0.39, 0.29) is 23.4 Å². The first kappa shape index (κ1) is 30.9. The molecule has 3 aromatic rings. The highest BCUT2D eigenvalue weighted by Gasteiger charge is 2.34. The Hall–Kier alpha value is -3.07. The zero-order valence-corrected chi connectivity index (χ0v) is 25.8. The van der Waals surface area contributed by atoms with E-state index in [1.807, 2.05) is 19.1 Å². The van der Waals surface area contributed by atoms with Crippen molar-refractivity contribution in [2.75, 3.05) is 10.8 Å². The van der Waals surface area contributed by atoms with Crippen molar-refractivity contribution in [3.63, 3.8) is 0 Å². The fourth-order valence-electron chi connectivity index (χ4n) is 5.05. The van der Waals surface area contributed by atoms with E-state index in [0.717, 1.165) is 35.6 Å². The summed E-state index contributed by atoms with van der Waals surface area (Å²) >= 11 is 12.9. The molecule has 41 heavy (non-hydrogen) atoms. The zero-order valence-electron chi connectivity index (χ0n) is 23.4. The Kier molecular flexibility index (Phi) is 10.00.